The van der Waals surface area contributed by atoms with Crippen LogP contribution in [0.4, 0.5) is 0 Å². The molecule has 0 heterocycles. The van der Waals surface area contributed by atoms with Crippen molar-refractivity contribution in [3.8, 4) is 5.75 Å². The van der Waals surface area contributed by atoms with E-state index in [0.29, 0.717) is 25.3 Å². The molecule has 0 unspecified atom stereocenters. The normalized spacial score (nSPS) is 10.2. The minimum absolute atomic E-state index is 0.113. The number of carbonyl (C=O) groups is 2. The summed E-state index contributed by atoms with van der Waals surface area (Å²) in [7, 11) is 0. The van der Waals surface area contributed by atoms with E-state index in [2.05, 4.69) is 10.6 Å². The summed E-state index contributed by atoms with van der Waals surface area (Å²) in [4.78, 5) is 23.8. The van der Waals surface area contributed by atoms with E-state index in [1.54, 1.807) is 6.07 Å². The number of rotatable bonds is 8. The largest absolute Gasteiger partial charge is 0.492 e. The summed E-state index contributed by atoms with van der Waals surface area (Å²) in [5.41, 5.74) is 2.72. The third kappa shape index (κ3) is 6.30. The smallest absolute Gasteiger partial charge is 0.251 e. The van der Waals surface area contributed by atoms with E-state index in [-0.39, 0.29) is 18.2 Å². The van der Waals surface area contributed by atoms with Gasteiger partial charge in [-0.2, -0.15) is 0 Å². The Morgan fingerprint density at radius 2 is 1.64 bits per heavy atom. The number of ether oxygens (including phenoxy) is 1. The van der Waals surface area contributed by atoms with Crippen LogP contribution in [0.1, 0.15) is 27.9 Å². The van der Waals surface area contributed by atoms with Crippen LogP contribution in [-0.4, -0.2) is 31.5 Å². The van der Waals surface area contributed by atoms with Crippen molar-refractivity contribution in [1.82, 2.24) is 10.6 Å². The molecule has 2 N–H and O–H groups in total. The predicted molar refractivity (Wildman–Crippen MR) is 97.8 cm³/mol. The Morgan fingerprint density at radius 3 is 2.36 bits per heavy atom. The minimum atomic E-state index is -0.159. The molecule has 0 aliphatic rings. The van der Waals surface area contributed by atoms with E-state index in [9.17, 15) is 9.59 Å². The molecule has 0 spiro atoms. The standard InChI is InChI=1S/C20H24N2O3/c1-15-7-9-17(10-8-15)25-14-13-21-19(23)11-12-22-20(24)18-6-4-3-5-16(18)2/h3-10H,11-14H2,1-2H3,(H,21,23)(H,22,24). The molecule has 2 aromatic rings. The Hall–Kier alpha value is -2.82. The fourth-order valence-corrected chi connectivity index (χ4v) is 2.29. The lowest BCUT2D eigenvalue weighted by molar-refractivity contribution is -0.121. The van der Waals surface area contributed by atoms with Crippen LogP contribution in [0.15, 0.2) is 48.5 Å². The van der Waals surface area contributed by atoms with Crippen LogP contribution in [0.3, 0.4) is 0 Å². The van der Waals surface area contributed by atoms with Crippen LogP contribution in [0.2, 0.25) is 0 Å². The lowest BCUT2D eigenvalue weighted by Crippen LogP contribution is -2.32. The SMILES string of the molecule is Cc1ccc(OCCNC(=O)CCNC(=O)c2ccccc2C)cc1. The van der Waals surface area contributed by atoms with Gasteiger partial charge in [-0.05, 0) is 37.6 Å². The number of nitrogens with one attached hydrogen (secondary N) is 2. The highest BCUT2D eigenvalue weighted by Crippen LogP contribution is 2.10. The average molecular weight is 340 g/mol. The van der Waals surface area contributed by atoms with Crippen LogP contribution >= 0.6 is 0 Å². The highest BCUT2D eigenvalue weighted by molar-refractivity contribution is 5.95. The van der Waals surface area contributed by atoms with E-state index in [4.69, 9.17) is 4.74 Å². The predicted octanol–water partition coefficient (Wildman–Crippen LogP) is 2.62. The van der Waals surface area contributed by atoms with Crippen LogP contribution in [-0.2, 0) is 4.79 Å². The van der Waals surface area contributed by atoms with Gasteiger partial charge in [0.05, 0.1) is 6.54 Å². The van der Waals surface area contributed by atoms with Gasteiger partial charge in [-0.15, -0.1) is 0 Å². The first-order valence-electron chi connectivity index (χ1n) is 8.36. The summed E-state index contributed by atoms with van der Waals surface area (Å²) in [5, 5.41) is 5.54. The lowest BCUT2D eigenvalue weighted by Gasteiger charge is -2.09. The first-order chi connectivity index (χ1) is 12.1. The monoisotopic (exact) mass is 340 g/mol. The molecule has 0 fully saturated rings. The third-order valence-corrected chi connectivity index (χ3v) is 3.74. The summed E-state index contributed by atoms with van der Waals surface area (Å²) in [6, 6.07) is 15.1. The first-order valence-corrected chi connectivity index (χ1v) is 8.36. The molecule has 0 aromatic heterocycles. The molecule has 25 heavy (non-hydrogen) atoms. The third-order valence-electron chi connectivity index (χ3n) is 3.74. The topological polar surface area (TPSA) is 67.4 Å². The quantitative estimate of drug-likeness (QED) is 0.726. The molecule has 0 saturated heterocycles. The zero-order chi connectivity index (χ0) is 18.1. The van der Waals surface area contributed by atoms with E-state index >= 15 is 0 Å². The summed E-state index contributed by atoms with van der Waals surface area (Å²) < 4.78 is 5.54. The van der Waals surface area contributed by atoms with Crippen molar-refractivity contribution < 1.29 is 14.3 Å². The van der Waals surface area contributed by atoms with Crippen molar-refractivity contribution in [3.63, 3.8) is 0 Å². The fraction of sp³-hybridized carbons (Fsp3) is 0.300. The maximum atomic E-state index is 12.0. The van der Waals surface area contributed by atoms with Gasteiger partial charge in [0.2, 0.25) is 5.91 Å². The number of aryl methyl sites for hydroxylation is 2. The Balaban J connectivity index is 1.60. The highest BCUT2D eigenvalue weighted by Gasteiger charge is 2.08. The second kappa shape index (κ2) is 9.47. The Kier molecular flexibility index (Phi) is 7.01. The molecule has 2 rings (SSSR count). The number of hydrogen-bond donors (Lipinski definition) is 2. The van der Waals surface area contributed by atoms with Gasteiger partial charge in [-0.3, -0.25) is 9.59 Å². The van der Waals surface area contributed by atoms with Crippen molar-refractivity contribution in [3.05, 3.63) is 65.2 Å². The molecule has 0 bridgehead atoms. The van der Waals surface area contributed by atoms with Gasteiger partial charge >= 0.3 is 0 Å². The van der Waals surface area contributed by atoms with Crippen molar-refractivity contribution in [2.24, 2.45) is 0 Å². The van der Waals surface area contributed by atoms with E-state index < -0.39 is 0 Å². The summed E-state index contributed by atoms with van der Waals surface area (Å²) in [5.74, 6) is 0.511. The van der Waals surface area contributed by atoms with Crippen LogP contribution in [0, 0.1) is 13.8 Å². The molecular formula is C20H24N2O3. The molecule has 0 aliphatic carbocycles. The van der Waals surface area contributed by atoms with Gasteiger partial charge in [0, 0.05) is 18.5 Å². The molecular weight excluding hydrogens is 316 g/mol. The zero-order valence-corrected chi connectivity index (χ0v) is 14.7. The minimum Gasteiger partial charge on any atom is -0.492 e. The maximum absolute atomic E-state index is 12.0. The van der Waals surface area contributed by atoms with Crippen molar-refractivity contribution in [2.45, 2.75) is 20.3 Å². The number of amides is 2. The van der Waals surface area contributed by atoms with Crippen molar-refractivity contribution in [2.75, 3.05) is 19.7 Å². The Bertz CT molecular complexity index is 711. The maximum Gasteiger partial charge on any atom is 0.251 e. The van der Waals surface area contributed by atoms with Gasteiger partial charge in [0.15, 0.2) is 0 Å². The number of benzene rings is 2. The van der Waals surface area contributed by atoms with Gasteiger partial charge < -0.3 is 15.4 Å². The highest BCUT2D eigenvalue weighted by atomic mass is 16.5. The van der Waals surface area contributed by atoms with Crippen molar-refractivity contribution in [1.29, 1.82) is 0 Å². The molecule has 0 atom stereocenters. The second-order valence-electron chi connectivity index (χ2n) is 5.83. The number of carbonyl (C=O) groups excluding carboxylic acids is 2. The molecule has 2 amide bonds. The molecule has 0 aliphatic heterocycles. The number of hydrogen-bond acceptors (Lipinski definition) is 3. The fourth-order valence-electron chi connectivity index (χ4n) is 2.29. The summed E-state index contributed by atoms with van der Waals surface area (Å²) >= 11 is 0. The van der Waals surface area contributed by atoms with Gasteiger partial charge in [-0.25, -0.2) is 0 Å². The zero-order valence-electron chi connectivity index (χ0n) is 14.7. The molecule has 0 radical (unpaired) electrons. The van der Waals surface area contributed by atoms with Gasteiger partial charge in [0.1, 0.15) is 12.4 Å². The first kappa shape index (κ1) is 18.5. The van der Waals surface area contributed by atoms with Crippen molar-refractivity contribution >= 4 is 11.8 Å². The van der Waals surface area contributed by atoms with E-state index in [1.807, 2.05) is 56.3 Å². The van der Waals surface area contributed by atoms with Crippen LogP contribution in [0.25, 0.3) is 0 Å². The molecule has 132 valence electrons. The van der Waals surface area contributed by atoms with Crippen LogP contribution < -0.4 is 15.4 Å². The lowest BCUT2D eigenvalue weighted by atomic mass is 10.1. The van der Waals surface area contributed by atoms with Gasteiger partial charge in [-0.1, -0.05) is 35.9 Å². The van der Waals surface area contributed by atoms with Gasteiger partial charge in [0.25, 0.3) is 5.91 Å². The van der Waals surface area contributed by atoms with E-state index in [1.165, 1.54) is 5.56 Å². The summed E-state index contributed by atoms with van der Waals surface area (Å²) in [6.45, 7) is 5.04. The Labute approximate surface area is 148 Å². The van der Waals surface area contributed by atoms with E-state index in [0.717, 1.165) is 11.3 Å². The molecule has 0 saturated carbocycles. The molecule has 5 nitrogen and oxygen atoms in total. The molecule has 5 heteroatoms. The summed E-state index contributed by atoms with van der Waals surface area (Å²) in [6.07, 6.45) is 0.238. The average Bonchev–Trinajstić information content (AvgIpc) is 2.60. The molecule has 2 aromatic carbocycles. The Morgan fingerprint density at radius 1 is 0.920 bits per heavy atom. The second-order valence-corrected chi connectivity index (χ2v) is 5.83. The van der Waals surface area contributed by atoms with Crippen LogP contribution in [0.5, 0.6) is 5.75 Å².